The van der Waals surface area contributed by atoms with Crippen LogP contribution >= 0.6 is 0 Å². The highest BCUT2D eigenvalue weighted by atomic mass is 16.4. The zero-order valence-corrected chi connectivity index (χ0v) is 12.0. The highest BCUT2D eigenvalue weighted by molar-refractivity contribution is 5.85. The molecule has 1 aliphatic rings. The molecule has 2 aromatic rings. The average molecular weight is 275 g/mol. The molecule has 1 fully saturated rings. The minimum atomic E-state index is -0.439. The maximum Gasteiger partial charge on any atom is 0.417 e. The quantitative estimate of drug-likeness (QED) is 0.826. The molecule has 0 radical (unpaired) electrons. The summed E-state index contributed by atoms with van der Waals surface area (Å²) in [6.07, 6.45) is 4.96. The summed E-state index contributed by atoms with van der Waals surface area (Å²) in [6, 6.07) is 4.15. The molecule has 1 aromatic heterocycles. The Morgan fingerprint density at radius 3 is 2.95 bits per heavy atom. The van der Waals surface area contributed by atoms with E-state index >= 15 is 0 Å². The minimum absolute atomic E-state index is 0.439. The highest BCUT2D eigenvalue weighted by Gasteiger charge is 2.24. The number of aromatic nitrogens is 1. The normalized spacial score (nSPS) is 23.1. The van der Waals surface area contributed by atoms with Crippen molar-refractivity contribution in [1.82, 2.24) is 4.98 Å². The Morgan fingerprint density at radius 2 is 2.20 bits per heavy atom. The van der Waals surface area contributed by atoms with Gasteiger partial charge in [-0.3, -0.25) is 4.98 Å². The van der Waals surface area contributed by atoms with Crippen LogP contribution in [0.15, 0.2) is 21.3 Å². The number of hydrogen-bond donors (Lipinski definition) is 2. The van der Waals surface area contributed by atoms with Crippen molar-refractivity contribution in [2.24, 2.45) is 5.92 Å². The number of fused-ring (bicyclic) bond motifs is 1. The number of H-pyrrole nitrogens is 1. The zero-order chi connectivity index (χ0) is 14.3. The summed E-state index contributed by atoms with van der Waals surface area (Å²) in [6.45, 7) is 2.31. The van der Waals surface area contributed by atoms with Crippen molar-refractivity contribution in [3.05, 3.63) is 22.7 Å². The van der Waals surface area contributed by atoms with Crippen LogP contribution in [0.1, 0.15) is 32.6 Å². The van der Waals surface area contributed by atoms with Crippen LogP contribution in [0, 0.1) is 5.92 Å². The number of oxazole rings is 1. The number of nitrogen functional groups attached to an aromatic ring is 1. The zero-order valence-electron chi connectivity index (χ0n) is 12.0. The lowest BCUT2D eigenvalue weighted by Gasteiger charge is -2.36. The van der Waals surface area contributed by atoms with E-state index in [-0.39, 0.29) is 0 Å². The topological polar surface area (TPSA) is 75.3 Å². The molecule has 0 amide bonds. The number of rotatable bonds is 2. The lowest BCUT2D eigenvalue weighted by molar-refractivity contribution is 0.336. The van der Waals surface area contributed by atoms with E-state index in [2.05, 4.69) is 23.9 Å². The van der Waals surface area contributed by atoms with Gasteiger partial charge in [-0.1, -0.05) is 19.8 Å². The molecule has 1 aliphatic carbocycles. The van der Waals surface area contributed by atoms with E-state index in [0.29, 0.717) is 22.8 Å². The number of nitrogens with two attached hydrogens (primary N) is 1. The maximum atomic E-state index is 11.2. The van der Waals surface area contributed by atoms with Gasteiger partial charge in [0.25, 0.3) is 0 Å². The van der Waals surface area contributed by atoms with Gasteiger partial charge in [0.15, 0.2) is 5.58 Å². The second-order valence-corrected chi connectivity index (χ2v) is 5.96. The van der Waals surface area contributed by atoms with Crippen molar-refractivity contribution in [1.29, 1.82) is 0 Å². The van der Waals surface area contributed by atoms with Gasteiger partial charge in [-0.2, -0.15) is 0 Å². The first-order chi connectivity index (χ1) is 9.54. The van der Waals surface area contributed by atoms with Gasteiger partial charge in [0, 0.05) is 19.2 Å². The molecule has 2 atom stereocenters. The predicted octanol–water partition coefficient (Wildman–Crippen LogP) is 2.72. The fraction of sp³-hybridized carbons (Fsp3) is 0.533. The monoisotopic (exact) mass is 275 g/mol. The van der Waals surface area contributed by atoms with Gasteiger partial charge in [0.2, 0.25) is 0 Å². The first-order valence-electron chi connectivity index (χ1n) is 7.20. The van der Waals surface area contributed by atoms with E-state index in [9.17, 15) is 4.79 Å². The predicted molar refractivity (Wildman–Crippen MR) is 81.1 cm³/mol. The molecular formula is C15H21N3O2. The summed E-state index contributed by atoms with van der Waals surface area (Å²) in [4.78, 5) is 16.2. The third kappa shape index (κ3) is 2.28. The lowest BCUT2D eigenvalue weighted by Crippen LogP contribution is -2.35. The van der Waals surface area contributed by atoms with Gasteiger partial charge < -0.3 is 15.1 Å². The molecule has 0 aliphatic heterocycles. The molecule has 5 nitrogen and oxygen atoms in total. The number of hydrogen-bond acceptors (Lipinski definition) is 4. The number of aromatic amines is 1. The molecular weight excluding hydrogens is 254 g/mol. The van der Waals surface area contributed by atoms with E-state index < -0.39 is 5.76 Å². The van der Waals surface area contributed by atoms with Gasteiger partial charge >= 0.3 is 5.76 Å². The third-order valence-electron chi connectivity index (χ3n) is 4.40. The van der Waals surface area contributed by atoms with Crippen LogP contribution < -0.4 is 16.4 Å². The van der Waals surface area contributed by atoms with Crippen molar-refractivity contribution in [2.45, 2.75) is 38.6 Å². The Bertz CT molecular complexity index is 673. The van der Waals surface area contributed by atoms with Crippen molar-refractivity contribution in [2.75, 3.05) is 17.7 Å². The van der Waals surface area contributed by atoms with Crippen LogP contribution in [0.25, 0.3) is 11.1 Å². The Hall–Kier alpha value is -1.91. The molecule has 1 heterocycles. The van der Waals surface area contributed by atoms with Crippen LogP contribution in [-0.2, 0) is 0 Å². The van der Waals surface area contributed by atoms with Crippen molar-refractivity contribution in [3.63, 3.8) is 0 Å². The Balaban J connectivity index is 1.95. The summed E-state index contributed by atoms with van der Waals surface area (Å²) in [5.41, 5.74) is 8.96. The number of anilines is 2. The second kappa shape index (κ2) is 4.89. The Morgan fingerprint density at radius 1 is 1.40 bits per heavy atom. The molecule has 3 N–H and O–H groups in total. The number of nitrogens with one attached hydrogen (secondary N) is 1. The second-order valence-electron chi connectivity index (χ2n) is 5.96. The van der Waals surface area contributed by atoms with Gasteiger partial charge in [-0.15, -0.1) is 0 Å². The van der Waals surface area contributed by atoms with E-state index in [0.717, 1.165) is 11.6 Å². The lowest BCUT2D eigenvalue weighted by atomic mass is 9.86. The molecule has 20 heavy (non-hydrogen) atoms. The third-order valence-corrected chi connectivity index (χ3v) is 4.40. The molecule has 2 unspecified atom stereocenters. The highest BCUT2D eigenvalue weighted by Crippen LogP contribution is 2.33. The van der Waals surface area contributed by atoms with Gasteiger partial charge in [0.1, 0.15) is 0 Å². The molecule has 1 saturated carbocycles. The average Bonchev–Trinajstić information content (AvgIpc) is 2.76. The van der Waals surface area contributed by atoms with Crippen molar-refractivity contribution >= 4 is 22.5 Å². The molecule has 5 heteroatoms. The summed E-state index contributed by atoms with van der Waals surface area (Å²) in [7, 11) is 2.08. The van der Waals surface area contributed by atoms with E-state index in [4.69, 9.17) is 10.2 Å². The van der Waals surface area contributed by atoms with E-state index in [1.54, 1.807) is 6.07 Å². The van der Waals surface area contributed by atoms with Crippen LogP contribution in [0.5, 0.6) is 0 Å². The first kappa shape index (κ1) is 13.1. The van der Waals surface area contributed by atoms with Crippen LogP contribution in [-0.4, -0.2) is 18.1 Å². The van der Waals surface area contributed by atoms with E-state index in [1.165, 1.54) is 25.7 Å². The first-order valence-corrected chi connectivity index (χ1v) is 7.20. The molecule has 0 saturated heterocycles. The number of nitrogens with zero attached hydrogens (tertiary/aromatic N) is 1. The van der Waals surface area contributed by atoms with Crippen LogP contribution in [0.2, 0.25) is 0 Å². The van der Waals surface area contributed by atoms with Crippen molar-refractivity contribution < 1.29 is 4.42 Å². The molecule has 0 spiro atoms. The minimum Gasteiger partial charge on any atom is -0.408 e. The van der Waals surface area contributed by atoms with Gasteiger partial charge in [-0.25, -0.2) is 4.79 Å². The van der Waals surface area contributed by atoms with Gasteiger partial charge in [0.05, 0.1) is 16.9 Å². The van der Waals surface area contributed by atoms with Crippen molar-refractivity contribution in [3.8, 4) is 0 Å². The van der Waals surface area contributed by atoms with E-state index in [1.807, 2.05) is 6.07 Å². The standard InChI is InChI=1S/C15H21N3O2/c1-9-4-3-5-10(6-9)18(2)13-8-12-14(7-11(13)16)20-15(19)17-12/h7-10H,3-6,16H2,1-2H3,(H,17,19). The summed E-state index contributed by atoms with van der Waals surface area (Å²) < 4.78 is 5.04. The molecule has 1 aromatic carbocycles. The SMILES string of the molecule is CC1CCCC(N(C)c2cc3[nH]c(=O)oc3cc2N)C1. The summed E-state index contributed by atoms with van der Waals surface area (Å²) in [5, 5.41) is 0. The smallest absolute Gasteiger partial charge is 0.408 e. The van der Waals surface area contributed by atoms with Crippen LogP contribution in [0.4, 0.5) is 11.4 Å². The summed E-state index contributed by atoms with van der Waals surface area (Å²) in [5.74, 6) is 0.320. The number of benzene rings is 1. The fourth-order valence-electron chi connectivity index (χ4n) is 3.26. The fourth-order valence-corrected chi connectivity index (χ4v) is 3.26. The molecule has 0 bridgehead atoms. The molecule has 3 rings (SSSR count). The largest absolute Gasteiger partial charge is 0.417 e. The molecule has 108 valence electrons. The maximum absolute atomic E-state index is 11.2. The Kier molecular flexibility index (Phi) is 3.20. The van der Waals surface area contributed by atoms with Gasteiger partial charge in [-0.05, 0) is 24.8 Å². The van der Waals surface area contributed by atoms with Crippen LogP contribution in [0.3, 0.4) is 0 Å². The summed E-state index contributed by atoms with van der Waals surface area (Å²) >= 11 is 0. The Labute approximate surface area is 117 Å².